The fourth-order valence-electron chi connectivity index (χ4n) is 2.57. The molecule has 1 aliphatic carbocycles. The van der Waals surface area contributed by atoms with Gasteiger partial charge in [-0.3, -0.25) is 4.79 Å². The third-order valence-electron chi connectivity index (χ3n) is 5.51. The molecule has 0 saturated heterocycles. The summed E-state index contributed by atoms with van der Waals surface area (Å²) in [5.74, 6) is -0.873. The van der Waals surface area contributed by atoms with E-state index < -0.39 is 25.5 Å². The molecule has 0 amide bonds. The Morgan fingerprint density at radius 3 is 2.31 bits per heavy atom. The molecule has 5 nitrogen and oxygen atoms in total. The highest BCUT2D eigenvalue weighted by Gasteiger charge is 2.59. The van der Waals surface area contributed by atoms with Gasteiger partial charge in [-0.25, -0.2) is 4.79 Å². The first kappa shape index (κ1) is 20.5. The first-order valence-electron chi connectivity index (χ1n) is 8.71. The minimum atomic E-state index is -2.35. The number of carbonyl (C=O) groups is 2. The Labute approximate surface area is 156 Å². The highest BCUT2D eigenvalue weighted by Crippen LogP contribution is 2.44. The first-order chi connectivity index (χ1) is 11.8. The van der Waals surface area contributed by atoms with Gasteiger partial charge in [0, 0.05) is 0 Å². The van der Waals surface area contributed by atoms with E-state index in [1.165, 1.54) is 12.2 Å². The van der Waals surface area contributed by atoms with Crippen molar-refractivity contribution in [3.63, 3.8) is 0 Å². The lowest BCUT2D eigenvalue weighted by Crippen LogP contribution is -2.62. The average molecular weight is 377 g/mol. The SMILES string of the molecule is CC(C)(C)[Si](C)(C)O[C@]1(C)C(=O)C=C[C@]1(O)COC(=O)c1ccccc1. The van der Waals surface area contributed by atoms with Crippen LogP contribution in [0.1, 0.15) is 38.1 Å². The molecule has 2 atom stereocenters. The molecular formula is C20H28O5Si. The van der Waals surface area contributed by atoms with Crippen molar-refractivity contribution >= 4 is 20.1 Å². The Kier molecular flexibility index (Phi) is 5.34. The van der Waals surface area contributed by atoms with Crippen LogP contribution in [0.25, 0.3) is 0 Å². The number of esters is 1. The molecule has 2 rings (SSSR count). The number of hydrogen-bond acceptors (Lipinski definition) is 5. The van der Waals surface area contributed by atoms with Gasteiger partial charge in [0.2, 0.25) is 0 Å². The van der Waals surface area contributed by atoms with E-state index in [1.807, 2.05) is 13.1 Å². The van der Waals surface area contributed by atoms with Crippen LogP contribution in [-0.2, 0) is 14.0 Å². The molecular weight excluding hydrogens is 348 g/mol. The van der Waals surface area contributed by atoms with Crippen LogP contribution in [0.3, 0.4) is 0 Å². The minimum absolute atomic E-state index is 0.138. The molecule has 0 unspecified atom stereocenters. The van der Waals surface area contributed by atoms with Gasteiger partial charge in [0.1, 0.15) is 6.61 Å². The number of carbonyl (C=O) groups excluding carboxylic acids is 2. The van der Waals surface area contributed by atoms with E-state index in [0.29, 0.717) is 5.56 Å². The molecule has 0 spiro atoms. The molecule has 1 aromatic rings. The molecule has 0 fully saturated rings. The van der Waals surface area contributed by atoms with Crippen LogP contribution in [0, 0.1) is 0 Å². The lowest BCUT2D eigenvalue weighted by molar-refractivity contribution is -0.152. The second-order valence-corrected chi connectivity index (χ2v) is 13.2. The van der Waals surface area contributed by atoms with Crippen molar-refractivity contribution in [1.29, 1.82) is 0 Å². The maximum absolute atomic E-state index is 12.5. The zero-order valence-corrected chi connectivity index (χ0v) is 17.3. The van der Waals surface area contributed by atoms with E-state index in [2.05, 4.69) is 20.8 Å². The highest BCUT2D eigenvalue weighted by molar-refractivity contribution is 6.74. The third-order valence-corrected chi connectivity index (χ3v) is 10.0. The van der Waals surface area contributed by atoms with Gasteiger partial charge in [-0.1, -0.05) is 39.0 Å². The Morgan fingerprint density at radius 1 is 1.19 bits per heavy atom. The summed E-state index contributed by atoms with van der Waals surface area (Å²) in [4.78, 5) is 24.7. The maximum Gasteiger partial charge on any atom is 0.338 e. The van der Waals surface area contributed by atoms with Gasteiger partial charge in [-0.2, -0.15) is 0 Å². The van der Waals surface area contributed by atoms with Gasteiger partial charge in [0.05, 0.1) is 5.56 Å². The van der Waals surface area contributed by atoms with Gasteiger partial charge < -0.3 is 14.3 Å². The molecule has 1 aliphatic rings. The first-order valence-corrected chi connectivity index (χ1v) is 11.6. The Hall–Kier alpha value is -1.76. The highest BCUT2D eigenvalue weighted by atomic mass is 28.4. The lowest BCUT2D eigenvalue weighted by Gasteiger charge is -2.46. The lowest BCUT2D eigenvalue weighted by atomic mass is 9.87. The van der Waals surface area contributed by atoms with Crippen LogP contribution in [-0.4, -0.2) is 43.0 Å². The van der Waals surface area contributed by atoms with Crippen molar-refractivity contribution in [3.8, 4) is 0 Å². The van der Waals surface area contributed by atoms with Crippen LogP contribution in [0.5, 0.6) is 0 Å². The molecule has 0 bridgehead atoms. The molecule has 0 aromatic heterocycles. The molecule has 26 heavy (non-hydrogen) atoms. The van der Waals surface area contributed by atoms with Crippen molar-refractivity contribution in [2.75, 3.05) is 6.61 Å². The zero-order valence-electron chi connectivity index (χ0n) is 16.3. The Bertz CT molecular complexity index is 719. The second-order valence-electron chi connectivity index (χ2n) is 8.46. The number of ketones is 1. The normalized spacial score (nSPS) is 26.2. The summed E-state index contributed by atoms with van der Waals surface area (Å²) in [5, 5.41) is 11.0. The number of rotatable bonds is 5. The fourth-order valence-corrected chi connectivity index (χ4v) is 4.17. The molecule has 1 N–H and O–H groups in total. The van der Waals surface area contributed by atoms with Crippen molar-refractivity contribution < 1.29 is 23.9 Å². The smallest absolute Gasteiger partial charge is 0.338 e. The average Bonchev–Trinajstić information content (AvgIpc) is 2.76. The van der Waals surface area contributed by atoms with E-state index in [1.54, 1.807) is 37.3 Å². The van der Waals surface area contributed by atoms with Gasteiger partial charge in [0.15, 0.2) is 25.3 Å². The molecule has 0 saturated carbocycles. The topological polar surface area (TPSA) is 72.8 Å². The van der Waals surface area contributed by atoms with Crippen LogP contribution in [0.4, 0.5) is 0 Å². The zero-order chi connectivity index (χ0) is 19.8. The standard InChI is InChI=1S/C20H28O5Si/c1-18(2,3)26(5,6)25-19(4)16(21)12-13-20(19,23)14-24-17(22)15-10-8-7-9-11-15/h7-13,23H,14H2,1-6H3/t19-,20+/m1/s1. The predicted octanol–water partition coefficient (Wildman–Crippen LogP) is 3.49. The number of hydrogen-bond donors (Lipinski definition) is 1. The number of benzene rings is 1. The summed E-state index contributed by atoms with van der Waals surface area (Å²) >= 11 is 0. The Balaban J connectivity index is 2.21. The van der Waals surface area contributed by atoms with Gasteiger partial charge in [-0.05, 0) is 49.3 Å². The van der Waals surface area contributed by atoms with Crippen molar-refractivity contribution in [1.82, 2.24) is 0 Å². The summed E-state index contributed by atoms with van der Waals surface area (Å²) in [6.07, 6.45) is 2.68. The van der Waals surface area contributed by atoms with Crippen LogP contribution in [0.15, 0.2) is 42.5 Å². The van der Waals surface area contributed by atoms with Gasteiger partial charge in [-0.15, -0.1) is 0 Å². The van der Waals surface area contributed by atoms with E-state index in [4.69, 9.17) is 9.16 Å². The van der Waals surface area contributed by atoms with Crippen molar-refractivity contribution in [2.24, 2.45) is 0 Å². The summed E-state index contributed by atoms with van der Waals surface area (Å²) in [6, 6.07) is 8.53. The van der Waals surface area contributed by atoms with E-state index in [-0.39, 0.29) is 17.4 Å². The van der Waals surface area contributed by atoms with E-state index in [0.717, 1.165) is 0 Å². The maximum atomic E-state index is 12.5. The van der Waals surface area contributed by atoms with Crippen molar-refractivity contribution in [3.05, 3.63) is 48.0 Å². The summed E-state index contributed by atoms with van der Waals surface area (Å²) in [6.45, 7) is 11.4. The third kappa shape index (κ3) is 3.68. The van der Waals surface area contributed by atoms with Crippen molar-refractivity contribution in [2.45, 2.75) is 57.0 Å². The van der Waals surface area contributed by atoms with Crippen LogP contribution in [0.2, 0.25) is 18.1 Å². The number of aliphatic hydroxyl groups is 1. The van der Waals surface area contributed by atoms with Gasteiger partial charge >= 0.3 is 5.97 Å². The molecule has 0 radical (unpaired) electrons. The monoisotopic (exact) mass is 376 g/mol. The minimum Gasteiger partial charge on any atom is -0.459 e. The molecule has 142 valence electrons. The quantitative estimate of drug-likeness (QED) is 0.629. The van der Waals surface area contributed by atoms with Crippen LogP contribution < -0.4 is 0 Å². The summed E-state index contributed by atoms with van der Waals surface area (Å²) < 4.78 is 11.6. The molecule has 0 heterocycles. The molecule has 1 aromatic carbocycles. The molecule has 0 aliphatic heterocycles. The van der Waals surface area contributed by atoms with Crippen LogP contribution >= 0.6 is 0 Å². The Morgan fingerprint density at radius 2 is 1.77 bits per heavy atom. The summed E-state index contributed by atoms with van der Waals surface area (Å²) in [7, 11) is -2.35. The fraction of sp³-hybridized carbons (Fsp3) is 0.500. The van der Waals surface area contributed by atoms with E-state index >= 15 is 0 Å². The van der Waals surface area contributed by atoms with E-state index in [9.17, 15) is 14.7 Å². The predicted molar refractivity (Wildman–Crippen MR) is 103 cm³/mol. The van der Waals surface area contributed by atoms with Gasteiger partial charge in [0.25, 0.3) is 0 Å². The second kappa shape index (κ2) is 6.76. The summed E-state index contributed by atoms with van der Waals surface area (Å²) in [5.41, 5.74) is -2.80. The largest absolute Gasteiger partial charge is 0.459 e. The molecule has 6 heteroatoms. The number of ether oxygens (including phenoxy) is 1.